The van der Waals surface area contributed by atoms with Gasteiger partial charge in [-0.3, -0.25) is 14.5 Å². The smallest absolute Gasteiger partial charge is 0.295 e. The van der Waals surface area contributed by atoms with Gasteiger partial charge in [0.15, 0.2) is 0 Å². The van der Waals surface area contributed by atoms with Gasteiger partial charge in [0.2, 0.25) is 0 Å². The van der Waals surface area contributed by atoms with Crippen LogP contribution in [0.15, 0.2) is 52.7 Å². The molecule has 2 saturated heterocycles. The van der Waals surface area contributed by atoms with Gasteiger partial charge in [0, 0.05) is 31.7 Å². The Hall–Kier alpha value is -3.10. The topological polar surface area (TPSA) is 92.5 Å². The second-order valence-electron chi connectivity index (χ2n) is 8.19. The van der Waals surface area contributed by atoms with Crippen LogP contribution in [0.25, 0.3) is 5.76 Å². The number of morpholine rings is 1. The maximum atomic E-state index is 13.0. The lowest BCUT2D eigenvalue weighted by molar-refractivity contribution is -0.140. The van der Waals surface area contributed by atoms with Crippen molar-refractivity contribution in [2.45, 2.75) is 25.8 Å². The molecule has 176 valence electrons. The van der Waals surface area contributed by atoms with E-state index in [4.69, 9.17) is 13.9 Å². The summed E-state index contributed by atoms with van der Waals surface area (Å²) in [5, 5.41) is 11.1. The van der Waals surface area contributed by atoms with Crippen molar-refractivity contribution in [2.75, 3.05) is 46.0 Å². The largest absolute Gasteiger partial charge is 0.507 e. The van der Waals surface area contributed by atoms with Gasteiger partial charge in [-0.25, -0.2) is 0 Å². The monoisotopic (exact) mass is 454 g/mol. The molecule has 1 N–H and O–H groups in total. The quantitative estimate of drug-likeness (QED) is 0.353. The highest BCUT2D eigenvalue weighted by Gasteiger charge is 2.47. The SMILES string of the molecule is CCCOc1ccc(C(O)=C2C(=O)C(=O)N(CCCN3CCOCC3)[C@H]2c2ccco2)cc1. The molecule has 8 heteroatoms. The summed E-state index contributed by atoms with van der Waals surface area (Å²) in [5.41, 5.74) is 0.491. The van der Waals surface area contributed by atoms with Crippen molar-refractivity contribution in [3.05, 3.63) is 59.6 Å². The second kappa shape index (κ2) is 10.7. The number of aliphatic hydroxyl groups excluding tert-OH is 1. The highest BCUT2D eigenvalue weighted by Crippen LogP contribution is 2.39. The molecule has 0 aliphatic carbocycles. The molecule has 4 rings (SSSR count). The van der Waals surface area contributed by atoms with Gasteiger partial charge in [-0.15, -0.1) is 0 Å². The molecule has 2 aliphatic rings. The van der Waals surface area contributed by atoms with Crippen molar-refractivity contribution in [3.8, 4) is 5.75 Å². The van der Waals surface area contributed by atoms with E-state index in [0.717, 1.165) is 26.1 Å². The van der Waals surface area contributed by atoms with Crippen LogP contribution in [-0.2, 0) is 14.3 Å². The molecule has 1 atom stereocenters. The summed E-state index contributed by atoms with van der Waals surface area (Å²) in [6, 6.07) is 9.52. The molecule has 0 radical (unpaired) electrons. The van der Waals surface area contributed by atoms with E-state index in [0.29, 0.717) is 49.9 Å². The number of aliphatic hydroxyl groups is 1. The number of benzene rings is 1. The van der Waals surface area contributed by atoms with Crippen LogP contribution >= 0.6 is 0 Å². The Morgan fingerprint density at radius 3 is 2.55 bits per heavy atom. The van der Waals surface area contributed by atoms with E-state index in [-0.39, 0.29) is 11.3 Å². The van der Waals surface area contributed by atoms with Crippen LogP contribution in [0.1, 0.15) is 37.1 Å². The number of Topliss-reactive ketones (excluding diaryl/α,β-unsaturated/α-hetero) is 1. The molecule has 2 aliphatic heterocycles. The lowest BCUT2D eigenvalue weighted by Crippen LogP contribution is -2.38. The first-order valence-corrected chi connectivity index (χ1v) is 11.4. The highest BCUT2D eigenvalue weighted by atomic mass is 16.5. The van der Waals surface area contributed by atoms with E-state index >= 15 is 0 Å². The van der Waals surface area contributed by atoms with Gasteiger partial charge in [-0.05, 0) is 49.2 Å². The number of furan rings is 1. The van der Waals surface area contributed by atoms with Crippen LogP contribution in [0, 0.1) is 0 Å². The summed E-state index contributed by atoms with van der Waals surface area (Å²) in [5.74, 6) is -0.411. The van der Waals surface area contributed by atoms with E-state index in [1.165, 1.54) is 11.2 Å². The molecule has 0 saturated carbocycles. The fraction of sp³-hybridized carbons (Fsp3) is 0.440. The van der Waals surface area contributed by atoms with Gasteiger partial charge < -0.3 is 23.9 Å². The van der Waals surface area contributed by atoms with Crippen LogP contribution < -0.4 is 4.74 Å². The van der Waals surface area contributed by atoms with Crippen LogP contribution in [0.2, 0.25) is 0 Å². The number of ether oxygens (including phenoxy) is 2. The molecule has 0 unspecified atom stereocenters. The lowest BCUT2D eigenvalue weighted by atomic mass is 9.99. The minimum Gasteiger partial charge on any atom is -0.507 e. The Labute approximate surface area is 193 Å². The fourth-order valence-corrected chi connectivity index (χ4v) is 4.23. The molecular formula is C25H30N2O6. The van der Waals surface area contributed by atoms with Crippen LogP contribution in [0.5, 0.6) is 5.75 Å². The minimum atomic E-state index is -0.763. The first-order valence-electron chi connectivity index (χ1n) is 11.4. The van der Waals surface area contributed by atoms with Crippen LogP contribution in [0.3, 0.4) is 0 Å². The predicted octanol–water partition coefficient (Wildman–Crippen LogP) is 3.21. The normalized spacial score (nSPS) is 21.0. The molecule has 2 aromatic rings. The van der Waals surface area contributed by atoms with E-state index in [1.807, 2.05) is 6.92 Å². The third-order valence-electron chi connectivity index (χ3n) is 5.93. The van der Waals surface area contributed by atoms with E-state index in [1.54, 1.807) is 36.4 Å². The van der Waals surface area contributed by atoms with Gasteiger partial charge in [-0.1, -0.05) is 6.92 Å². The summed E-state index contributed by atoms with van der Waals surface area (Å²) in [4.78, 5) is 29.7. The van der Waals surface area contributed by atoms with Crippen molar-refractivity contribution >= 4 is 17.4 Å². The van der Waals surface area contributed by atoms with Crippen molar-refractivity contribution in [1.82, 2.24) is 9.80 Å². The number of likely N-dealkylation sites (tertiary alicyclic amines) is 1. The minimum absolute atomic E-state index is 0.0450. The van der Waals surface area contributed by atoms with Crippen molar-refractivity contribution < 1.29 is 28.6 Å². The summed E-state index contributed by atoms with van der Waals surface area (Å²) in [7, 11) is 0. The van der Waals surface area contributed by atoms with Gasteiger partial charge >= 0.3 is 0 Å². The summed E-state index contributed by atoms with van der Waals surface area (Å²) in [6.07, 6.45) is 3.09. The van der Waals surface area contributed by atoms with E-state index < -0.39 is 17.7 Å². The zero-order valence-corrected chi connectivity index (χ0v) is 18.9. The molecular weight excluding hydrogens is 424 g/mol. The van der Waals surface area contributed by atoms with Crippen molar-refractivity contribution in [3.63, 3.8) is 0 Å². The average Bonchev–Trinajstić information content (AvgIpc) is 3.46. The maximum absolute atomic E-state index is 13.0. The number of hydrogen-bond donors (Lipinski definition) is 1. The highest BCUT2D eigenvalue weighted by molar-refractivity contribution is 6.46. The first-order chi connectivity index (χ1) is 16.1. The molecule has 1 aromatic heterocycles. The molecule has 33 heavy (non-hydrogen) atoms. The Balaban J connectivity index is 1.58. The molecule has 0 spiro atoms. The standard InChI is InChI=1S/C25H30N2O6/c1-2-14-32-19-8-6-18(7-9-19)23(28)21-22(20-5-3-15-33-20)27(25(30)24(21)29)11-4-10-26-12-16-31-17-13-26/h3,5-9,15,22,28H,2,4,10-14,16-17H2,1H3/t22-/m0/s1. The summed E-state index contributed by atoms with van der Waals surface area (Å²) < 4.78 is 16.6. The Kier molecular flexibility index (Phi) is 7.47. The van der Waals surface area contributed by atoms with Gasteiger partial charge in [0.05, 0.1) is 31.7 Å². The number of hydrogen-bond acceptors (Lipinski definition) is 7. The Morgan fingerprint density at radius 2 is 1.88 bits per heavy atom. The average molecular weight is 455 g/mol. The number of carbonyl (C=O) groups excluding carboxylic acids is 2. The Morgan fingerprint density at radius 1 is 1.12 bits per heavy atom. The van der Waals surface area contributed by atoms with Crippen LogP contribution in [0.4, 0.5) is 0 Å². The van der Waals surface area contributed by atoms with Crippen molar-refractivity contribution in [2.24, 2.45) is 0 Å². The van der Waals surface area contributed by atoms with E-state index in [9.17, 15) is 14.7 Å². The third-order valence-corrected chi connectivity index (χ3v) is 5.93. The van der Waals surface area contributed by atoms with E-state index in [2.05, 4.69) is 4.90 Å². The lowest BCUT2D eigenvalue weighted by Gasteiger charge is -2.28. The molecule has 8 nitrogen and oxygen atoms in total. The second-order valence-corrected chi connectivity index (χ2v) is 8.19. The van der Waals surface area contributed by atoms with Crippen LogP contribution in [-0.4, -0.2) is 72.6 Å². The number of carbonyl (C=O) groups is 2. The maximum Gasteiger partial charge on any atom is 0.295 e. The molecule has 3 heterocycles. The predicted molar refractivity (Wildman–Crippen MR) is 122 cm³/mol. The molecule has 0 bridgehead atoms. The Bertz CT molecular complexity index is 977. The number of amides is 1. The number of ketones is 1. The zero-order valence-electron chi connectivity index (χ0n) is 18.9. The molecule has 2 fully saturated rings. The van der Waals surface area contributed by atoms with Crippen molar-refractivity contribution in [1.29, 1.82) is 0 Å². The van der Waals surface area contributed by atoms with Gasteiger partial charge in [-0.2, -0.15) is 0 Å². The molecule has 1 amide bonds. The first kappa shape index (κ1) is 23.1. The van der Waals surface area contributed by atoms with Gasteiger partial charge in [0.25, 0.3) is 11.7 Å². The number of rotatable bonds is 9. The third kappa shape index (κ3) is 5.12. The van der Waals surface area contributed by atoms with Gasteiger partial charge in [0.1, 0.15) is 23.3 Å². The molecule has 1 aromatic carbocycles. The zero-order chi connectivity index (χ0) is 23.2. The summed E-state index contributed by atoms with van der Waals surface area (Å²) in [6.45, 7) is 6.94. The number of nitrogens with zero attached hydrogens (tertiary/aromatic N) is 2. The summed E-state index contributed by atoms with van der Waals surface area (Å²) >= 11 is 0. The fourth-order valence-electron chi connectivity index (χ4n) is 4.23.